The summed E-state index contributed by atoms with van der Waals surface area (Å²) in [5.41, 5.74) is 0.932. The molecule has 0 saturated heterocycles. The van der Waals surface area contributed by atoms with E-state index in [1.54, 1.807) is 28.8 Å². The lowest BCUT2D eigenvalue weighted by Gasteiger charge is -2.19. The lowest BCUT2D eigenvalue weighted by atomic mass is 10.3. The highest BCUT2D eigenvalue weighted by molar-refractivity contribution is 7.22. The number of hydrogen-bond acceptors (Lipinski definition) is 5. The first kappa shape index (κ1) is 16.0. The molecular weight excluding hydrogens is 352 g/mol. The Morgan fingerprint density at radius 1 is 1.20 bits per heavy atom. The summed E-state index contributed by atoms with van der Waals surface area (Å²) in [5, 5.41) is 2.68. The van der Waals surface area contributed by atoms with Crippen LogP contribution in [0.5, 0.6) is 0 Å². The van der Waals surface area contributed by atoms with Crippen LogP contribution in [0, 0.1) is 0 Å². The maximum absolute atomic E-state index is 13.0. The number of amides is 1. The van der Waals surface area contributed by atoms with E-state index in [4.69, 9.17) is 0 Å². The fourth-order valence-corrected chi connectivity index (χ4v) is 4.29. The highest BCUT2D eigenvalue weighted by Gasteiger charge is 2.21. The van der Waals surface area contributed by atoms with Crippen LogP contribution >= 0.6 is 22.7 Å². The largest absolute Gasteiger partial charge is 0.337 e. The van der Waals surface area contributed by atoms with Crippen LogP contribution in [0.15, 0.2) is 60.5 Å². The van der Waals surface area contributed by atoms with Gasteiger partial charge in [0.2, 0.25) is 0 Å². The Kier molecular flexibility index (Phi) is 4.58. The third-order valence-electron chi connectivity index (χ3n) is 3.85. The van der Waals surface area contributed by atoms with Crippen molar-refractivity contribution < 1.29 is 4.79 Å². The van der Waals surface area contributed by atoms with Gasteiger partial charge in [-0.25, -0.2) is 9.97 Å². The topological polar surface area (TPSA) is 51.0 Å². The normalized spacial score (nSPS) is 11.0. The molecule has 0 saturated carbocycles. The van der Waals surface area contributed by atoms with Crippen molar-refractivity contribution in [2.24, 2.45) is 0 Å². The molecule has 0 spiro atoms. The minimum absolute atomic E-state index is 0.0136. The highest BCUT2D eigenvalue weighted by Crippen LogP contribution is 2.30. The smallest absolute Gasteiger partial charge is 0.270 e. The Morgan fingerprint density at radius 2 is 2.12 bits per heavy atom. The van der Waals surface area contributed by atoms with Gasteiger partial charge in [0, 0.05) is 25.5 Å². The first-order chi connectivity index (χ1) is 12.3. The molecule has 3 aromatic heterocycles. The molecule has 25 heavy (non-hydrogen) atoms. The van der Waals surface area contributed by atoms with E-state index in [-0.39, 0.29) is 5.91 Å². The number of fused-ring (bicyclic) bond motifs is 1. The number of carbonyl (C=O) groups excluding carboxylic acids is 1. The standard InChI is InChI=1S/C18H16N4OS2/c23-17(16-7-3-12-24-16)22(10-4-9-21-11-8-19-13-21)18-20-14-5-1-2-6-15(14)25-18/h1-3,5-8,11-13H,4,9-10H2. The molecule has 126 valence electrons. The second-order valence-electron chi connectivity index (χ2n) is 5.55. The van der Waals surface area contributed by atoms with E-state index >= 15 is 0 Å². The number of thiophene rings is 1. The van der Waals surface area contributed by atoms with Crippen LogP contribution in [0.1, 0.15) is 16.1 Å². The maximum atomic E-state index is 13.0. The average molecular weight is 368 g/mol. The fourth-order valence-electron chi connectivity index (χ4n) is 2.62. The molecule has 7 heteroatoms. The van der Waals surface area contributed by atoms with Crippen molar-refractivity contribution in [2.75, 3.05) is 11.4 Å². The van der Waals surface area contributed by atoms with Gasteiger partial charge in [-0.3, -0.25) is 9.69 Å². The number of imidazole rings is 1. The molecule has 0 fully saturated rings. The molecule has 1 aromatic carbocycles. The molecule has 4 aromatic rings. The summed E-state index contributed by atoms with van der Waals surface area (Å²) in [6.45, 7) is 1.44. The number of rotatable bonds is 6. The van der Waals surface area contributed by atoms with E-state index in [9.17, 15) is 4.79 Å². The van der Waals surface area contributed by atoms with Crippen molar-refractivity contribution >= 4 is 43.9 Å². The SMILES string of the molecule is O=C(c1cccs1)N(CCCn1ccnc1)c1nc2ccccc2s1. The maximum Gasteiger partial charge on any atom is 0.270 e. The predicted molar refractivity (Wildman–Crippen MR) is 102 cm³/mol. The zero-order valence-electron chi connectivity index (χ0n) is 13.4. The second-order valence-corrected chi connectivity index (χ2v) is 7.51. The number of para-hydroxylation sites is 1. The third kappa shape index (κ3) is 3.47. The van der Waals surface area contributed by atoms with Crippen LogP contribution in [0.2, 0.25) is 0 Å². The summed E-state index contributed by atoms with van der Waals surface area (Å²) >= 11 is 3.02. The number of thiazole rings is 1. The van der Waals surface area contributed by atoms with Crippen LogP contribution in [0.25, 0.3) is 10.2 Å². The van der Waals surface area contributed by atoms with Gasteiger partial charge in [0.05, 0.1) is 21.4 Å². The number of aromatic nitrogens is 3. The number of nitrogens with zero attached hydrogens (tertiary/aromatic N) is 4. The fraction of sp³-hybridized carbons (Fsp3) is 0.167. The van der Waals surface area contributed by atoms with Gasteiger partial charge >= 0.3 is 0 Å². The van der Waals surface area contributed by atoms with Crippen LogP contribution < -0.4 is 4.90 Å². The van der Waals surface area contributed by atoms with Gasteiger partial charge in [0.15, 0.2) is 5.13 Å². The summed E-state index contributed by atoms with van der Waals surface area (Å²) in [7, 11) is 0. The van der Waals surface area contributed by atoms with Crippen LogP contribution in [0.3, 0.4) is 0 Å². The molecule has 0 atom stereocenters. The number of benzene rings is 1. The summed E-state index contributed by atoms with van der Waals surface area (Å²) < 4.78 is 3.11. The number of aryl methyl sites for hydroxylation is 1. The number of anilines is 1. The molecule has 0 N–H and O–H groups in total. The number of hydrogen-bond donors (Lipinski definition) is 0. The summed E-state index contributed by atoms with van der Waals surface area (Å²) in [5.74, 6) is 0.0136. The predicted octanol–water partition coefficient (Wildman–Crippen LogP) is 4.29. The van der Waals surface area contributed by atoms with Crippen molar-refractivity contribution in [3.63, 3.8) is 0 Å². The Morgan fingerprint density at radius 3 is 2.88 bits per heavy atom. The quantitative estimate of drug-likeness (QED) is 0.510. The molecule has 1 amide bonds. The van der Waals surface area contributed by atoms with Crippen molar-refractivity contribution in [3.8, 4) is 0 Å². The first-order valence-corrected chi connectivity index (χ1v) is 9.67. The zero-order chi connectivity index (χ0) is 17.1. The van der Waals surface area contributed by atoms with E-state index in [0.29, 0.717) is 6.54 Å². The van der Waals surface area contributed by atoms with Gasteiger partial charge in [0.1, 0.15) is 0 Å². The van der Waals surface area contributed by atoms with E-state index in [1.807, 2.05) is 52.5 Å². The molecule has 0 unspecified atom stereocenters. The lowest BCUT2D eigenvalue weighted by molar-refractivity contribution is 0.0990. The van der Waals surface area contributed by atoms with Gasteiger partial charge in [-0.05, 0) is 30.0 Å². The van der Waals surface area contributed by atoms with Crippen molar-refractivity contribution in [3.05, 3.63) is 65.4 Å². The molecule has 0 aliphatic heterocycles. The molecule has 0 aliphatic rings. The van der Waals surface area contributed by atoms with E-state index < -0.39 is 0 Å². The summed E-state index contributed by atoms with van der Waals surface area (Å²) in [6, 6.07) is 11.7. The van der Waals surface area contributed by atoms with Crippen LogP contribution in [-0.4, -0.2) is 27.0 Å². The minimum Gasteiger partial charge on any atom is -0.337 e. The van der Waals surface area contributed by atoms with E-state index in [1.165, 1.54) is 11.3 Å². The summed E-state index contributed by atoms with van der Waals surface area (Å²) in [4.78, 5) is 24.2. The Hall–Kier alpha value is -2.51. The van der Waals surface area contributed by atoms with Crippen LogP contribution in [-0.2, 0) is 6.54 Å². The van der Waals surface area contributed by atoms with E-state index in [0.717, 1.165) is 33.2 Å². The van der Waals surface area contributed by atoms with Gasteiger partial charge in [-0.1, -0.05) is 29.5 Å². The van der Waals surface area contributed by atoms with Crippen molar-refractivity contribution in [2.45, 2.75) is 13.0 Å². The molecule has 0 radical (unpaired) electrons. The van der Waals surface area contributed by atoms with Crippen molar-refractivity contribution in [1.29, 1.82) is 0 Å². The molecular formula is C18H16N4OS2. The Bertz CT molecular complexity index is 927. The monoisotopic (exact) mass is 368 g/mol. The highest BCUT2D eigenvalue weighted by atomic mass is 32.1. The molecule has 3 heterocycles. The number of carbonyl (C=O) groups is 1. The lowest BCUT2D eigenvalue weighted by Crippen LogP contribution is -2.31. The first-order valence-electron chi connectivity index (χ1n) is 7.98. The van der Waals surface area contributed by atoms with Gasteiger partial charge in [-0.15, -0.1) is 11.3 Å². The Labute approximate surface area is 153 Å². The van der Waals surface area contributed by atoms with Gasteiger partial charge in [0.25, 0.3) is 5.91 Å². The minimum atomic E-state index is 0.0136. The molecule has 0 bridgehead atoms. The summed E-state index contributed by atoms with van der Waals surface area (Å²) in [6.07, 6.45) is 6.33. The zero-order valence-corrected chi connectivity index (χ0v) is 15.0. The third-order valence-corrected chi connectivity index (χ3v) is 5.77. The van der Waals surface area contributed by atoms with Gasteiger partial charge < -0.3 is 4.57 Å². The Balaban J connectivity index is 1.59. The van der Waals surface area contributed by atoms with E-state index in [2.05, 4.69) is 9.97 Å². The molecule has 0 aliphatic carbocycles. The molecule has 5 nitrogen and oxygen atoms in total. The van der Waals surface area contributed by atoms with Gasteiger partial charge in [-0.2, -0.15) is 0 Å². The second kappa shape index (κ2) is 7.16. The molecule has 4 rings (SSSR count). The van der Waals surface area contributed by atoms with Crippen LogP contribution in [0.4, 0.5) is 5.13 Å². The van der Waals surface area contributed by atoms with Crippen molar-refractivity contribution in [1.82, 2.24) is 14.5 Å². The average Bonchev–Trinajstić information content (AvgIpc) is 3.39.